The Kier molecular flexibility index (Phi) is 7.00. The molecule has 0 bridgehead atoms. The van der Waals surface area contributed by atoms with Crippen molar-refractivity contribution < 1.29 is 4.79 Å². The predicted octanol–water partition coefficient (Wildman–Crippen LogP) is 5.97. The van der Waals surface area contributed by atoms with Gasteiger partial charge in [-0.25, -0.2) is 0 Å². The molecular weight excluding hydrogens is 326 g/mol. The minimum atomic E-state index is 0.0576. The Morgan fingerprint density at radius 3 is 2.57 bits per heavy atom. The molecule has 2 aromatic carbocycles. The van der Waals surface area contributed by atoms with Gasteiger partial charge in [0.1, 0.15) is 0 Å². The normalized spacial score (nSPS) is 12.0. The topological polar surface area (TPSA) is 29.1 Å². The number of halogens is 1. The van der Waals surface area contributed by atoms with Crippen LogP contribution in [0.2, 0.25) is 5.02 Å². The second-order valence-corrected chi connectivity index (χ2v) is 7.10. The van der Waals surface area contributed by atoms with Gasteiger partial charge in [0.05, 0.1) is 0 Å². The quantitative estimate of drug-likeness (QED) is 0.625. The smallest absolute Gasteiger partial charge is 0.225 e. The third-order valence-electron chi connectivity index (χ3n) is 3.79. The van der Waals surface area contributed by atoms with Gasteiger partial charge in [0.15, 0.2) is 0 Å². The van der Waals surface area contributed by atoms with Crippen molar-refractivity contribution in [2.45, 2.75) is 37.5 Å². The van der Waals surface area contributed by atoms with Crippen molar-refractivity contribution in [2.24, 2.45) is 0 Å². The van der Waals surface area contributed by atoms with Gasteiger partial charge in [-0.05, 0) is 48.2 Å². The SMILES string of the molecule is CC[C@H](C)c1ccccc1NC(=O)CCSc1ccc(Cl)cc1. The zero-order valence-electron chi connectivity index (χ0n) is 13.5. The number of amides is 1. The Balaban J connectivity index is 1.86. The first-order chi connectivity index (χ1) is 11.1. The van der Waals surface area contributed by atoms with Gasteiger partial charge in [-0.2, -0.15) is 0 Å². The molecule has 2 aromatic rings. The van der Waals surface area contributed by atoms with Crippen LogP contribution in [-0.2, 0) is 4.79 Å². The monoisotopic (exact) mass is 347 g/mol. The van der Waals surface area contributed by atoms with Crippen LogP contribution in [-0.4, -0.2) is 11.7 Å². The van der Waals surface area contributed by atoms with Crippen LogP contribution in [0.3, 0.4) is 0 Å². The molecule has 4 heteroatoms. The van der Waals surface area contributed by atoms with Crippen LogP contribution in [0.1, 0.15) is 38.2 Å². The van der Waals surface area contributed by atoms with Crippen LogP contribution in [0.5, 0.6) is 0 Å². The van der Waals surface area contributed by atoms with Gasteiger partial charge in [0.2, 0.25) is 5.91 Å². The summed E-state index contributed by atoms with van der Waals surface area (Å²) in [4.78, 5) is 13.3. The van der Waals surface area contributed by atoms with Crippen molar-refractivity contribution in [3.63, 3.8) is 0 Å². The average Bonchev–Trinajstić information content (AvgIpc) is 2.56. The lowest BCUT2D eigenvalue weighted by Gasteiger charge is -2.15. The third kappa shape index (κ3) is 5.60. The molecule has 2 nitrogen and oxygen atoms in total. The lowest BCUT2D eigenvalue weighted by atomic mass is 9.97. The lowest BCUT2D eigenvalue weighted by molar-refractivity contribution is -0.115. The summed E-state index contributed by atoms with van der Waals surface area (Å²) >= 11 is 7.53. The number of thioether (sulfide) groups is 1. The zero-order valence-corrected chi connectivity index (χ0v) is 15.1. The van der Waals surface area contributed by atoms with Gasteiger partial charge < -0.3 is 5.32 Å². The van der Waals surface area contributed by atoms with Crippen LogP contribution >= 0.6 is 23.4 Å². The summed E-state index contributed by atoms with van der Waals surface area (Å²) in [5, 5.41) is 3.78. The summed E-state index contributed by atoms with van der Waals surface area (Å²) in [6.07, 6.45) is 1.54. The second kappa shape index (κ2) is 8.99. The Morgan fingerprint density at radius 2 is 1.87 bits per heavy atom. The highest BCUT2D eigenvalue weighted by Crippen LogP contribution is 2.27. The van der Waals surface area contributed by atoms with Crippen molar-refractivity contribution in [2.75, 3.05) is 11.1 Å². The number of carbonyl (C=O) groups is 1. The fraction of sp³-hybridized carbons (Fsp3) is 0.316. The molecule has 2 rings (SSSR count). The highest BCUT2D eigenvalue weighted by atomic mass is 35.5. The van der Waals surface area contributed by atoms with Gasteiger partial charge in [-0.3, -0.25) is 4.79 Å². The number of anilines is 1. The number of benzene rings is 2. The van der Waals surface area contributed by atoms with E-state index in [0.29, 0.717) is 12.3 Å². The van der Waals surface area contributed by atoms with Gasteiger partial charge in [-0.1, -0.05) is 43.6 Å². The Bertz CT molecular complexity index is 642. The Hall–Kier alpha value is -1.45. The molecule has 0 aliphatic heterocycles. The fourth-order valence-electron chi connectivity index (χ4n) is 2.27. The van der Waals surface area contributed by atoms with Crippen LogP contribution in [0, 0.1) is 0 Å². The van der Waals surface area contributed by atoms with Gasteiger partial charge in [0, 0.05) is 27.8 Å². The second-order valence-electron chi connectivity index (χ2n) is 5.50. The van der Waals surface area contributed by atoms with Gasteiger partial charge in [-0.15, -0.1) is 11.8 Å². The number of para-hydroxylation sites is 1. The molecule has 122 valence electrons. The minimum absolute atomic E-state index is 0.0576. The van der Waals surface area contributed by atoms with E-state index in [1.807, 2.05) is 42.5 Å². The number of nitrogens with one attached hydrogen (secondary N) is 1. The summed E-state index contributed by atoms with van der Waals surface area (Å²) in [5.74, 6) is 1.25. The van der Waals surface area contributed by atoms with Crippen LogP contribution < -0.4 is 5.32 Å². The molecule has 0 aromatic heterocycles. The van der Waals surface area contributed by atoms with Crippen molar-refractivity contribution in [3.05, 3.63) is 59.1 Å². The molecule has 0 aliphatic carbocycles. The zero-order chi connectivity index (χ0) is 16.7. The maximum atomic E-state index is 12.2. The number of carbonyl (C=O) groups excluding carboxylic acids is 1. The van der Waals surface area contributed by atoms with Crippen LogP contribution in [0.25, 0.3) is 0 Å². The molecule has 0 fully saturated rings. The van der Waals surface area contributed by atoms with E-state index in [1.54, 1.807) is 11.8 Å². The van der Waals surface area contributed by atoms with E-state index in [0.717, 1.165) is 27.8 Å². The molecule has 0 radical (unpaired) electrons. The van der Waals surface area contributed by atoms with E-state index in [9.17, 15) is 4.79 Å². The van der Waals surface area contributed by atoms with Crippen LogP contribution in [0.15, 0.2) is 53.4 Å². The molecule has 1 amide bonds. The Labute approximate surface area is 147 Å². The summed E-state index contributed by atoms with van der Waals surface area (Å²) in [5.41, 5.74) is 2.14. The first-order valence-electron chi connectivity index (χ1n) is 7.87. The van der Waals surface area contributed by atoms with E-state index in [4.69, 9.17) is 11.6 Å². The van der Waals surface area contributed by atoms with Crippen molar-refractivity contribution >= 4 is 35.0 Å². The molecule has 1 atom stereocenters. The van der Waals surface area contributed by atoms with E-state index in [2.05, 4.69) is 25.2 Å². The number of rotatable bonds is 7. The molecule has 0 unspecified atom stereocenters. The van der Waals surface area contributed by atoms with Gasteiger partial charge >= 0.3 is 0 Å². The van der Waals surface area contributed by atoms with E-state index >= 15 is 0 Å². The first kappa shape index (κ1) is 17.9. The Morgan fingerprint density at radius 1 is 1.17 bits per heavy atom. The van der Waals surface area contributed by atoms with Crippen molar-refractivity contribution in [1.82, 2.24) is 0 Å². The van der Waals surface area contributed by atoms with Crippen molar-refractivity contribution in [1.29, 1.82) is 0 Å². The molecule has 0 heterocycles. The minimum Gasteiger partial charge on any atom is -0.326 e. The average molecular weight is 348 g/mol. The largest absolute Gasteiger partial charge is 0.326 e. The number of hydrogen-bond acceptors (Lipinski definition) is 2. The first-order valence-corrected chi connectivity index (χ1v) is 9.23. The van der Waals surface area contributed by atoms with E-state index in [1.165, 1.54) is 5.56 Å². The maximum Gasteiger partial charge on any atom is 0.225 e. The standard InChI is InChI=1S/C19H22ClNOS/c1-3-14(2)17-6-4-5-7-18(17)21-19(22)12-13-23-16-10-8-15(20)9-11-16/h4-11,14H,3,12-13H2,1-2H3,(H,21,22)/t14-/m0/s1. The molecule has 0 saturated heterocycles. The molecule has 23 heavy (non-hydrogen) atoms. The lowest BCUT2D eigenvalue weighted by Crippen LogP contribution is -2.14. The summed E-state index contributed by atoms with van der Waals surface area (Å²) in [6, 6.07) is 15.7. The van der Waals surface area contributed by atoms with Crippen molar-refractivity contribution in [3.8, 4) is 0 Å². The van der Waals surface area contributed by atoms with E-state index < -0.39 is 0 Å². The van der Waals surface area contributed by atoms with Crippen LogP contribution in [0.4, 0.5) is 5.69 Å². The maximum absolute atomic E-state index is 12.2. The summed E-state index contributed by atoms with van der Waals surface area (Å²) < 4.78 is 0. The molecular formula is C19H22ClNOS. The molecule has 0 saturated carbocycles. The summed E-state index contributed by atoms with van der Waals surface area (Å²) in [6.45, 7) is 4.34. The highest BCUT2D eigenvalue weighted by molar-refractivity contribution is 7.99. The highest BCUT2D eigenvalue weighted by Gasteiger charge is 2.10. The fourth-order valence-corrected chi connectivity index (χ4v) is 3.24. The third-order valence-corrected chi connectivity index (χ3v) is 5.06. The van der Waals surface area contributed by atoms with E-state index in [-0.39, 0.29) is 5.91 Å². The molecule has 0 aliphatic rings. The van der Waals surface area contributed by atoms with Gasteiger partial charge in [0.25, 0.3) is 0 Å². The number of hydrogen-bond donors (Lipinski definition) is 1. The molecule has 0 spiro atoms. The molecule has 1 N–H and O–H groups in total. The summed E-state index contributed by atoms with van der Waals surface area (Å²) in [7, 11) is 0. The predicted molar refractivity (Wildman–Crippen MR) is 101 cm³/mol.